The Balaban J connectivity index is 1.89. The molecule has 0 aliphatic carbocycles. The molecule has 1 atom stereocenters. The summed E-state index contributed by atoms with van der Waals surface area (Å²) in [5, 5.41) is 3.34. The molecule has 1 heterocycles. The van der Waals surface area contributed by atoms with Crippen LogP contribution in [0.2, 0.25) is 0 Å². The predicted octanol–water partition coefficient (Wildman–Crippen LogP) is 2.45. The van der Waals surface area contributed by atoms with E-state index in [0.29, 0.717) is 0 Å². The lowest BCUT2D eigenvalue weighted by molar-refractivity contribution is 0.131. The highest BCUT2D eigenvalue weighted by Gasteiger charge is 2.37. The third-order valence-electron chi connectivity index (χ3n) is 4.28. The molecule has 3 heteroatoms. The minimum absolute atomic E-state index is 0.276. The molecule has 0 saturated carbocycles. The normalized spacial score (nSPS) is 23.7. The van der Waals surface area contributed by atoms with Crippen LogP contribution in [0.4, 0.5) is 0 Å². The number of ether oxygens (including phenoxy) is 1. The number of hydrogen-bond donors (Lipinski definition) is 1. The Kier molecular flexibility index (Phi) is 4.83. The summed E-state index contributed by atoms with van der Waals surface area (Å²) in [6, 6.07) is 8.29. The van der Waals surface area contributed by atoms with E-state index in [2.05, 4.69) is 42.4 Å². The average Bonchev–Trinajstić information content (AvgIpc) is 2.72. The first kappa shape index (κ1) is 14.4. The van der Waals surface area contributed by atoms with Gasteiger partial charge >= 0.3 is 0 Å². The lowest BCUT2D eigenvalue weighted by Crippen LogP contribution is -2.49. The standard InChI is InChI=1S/C16H26N2O/c1-14-6-4-7-15(12-14)19-11-9-16(13-17-2)8-5-10-18(16)3/h4,6-7,12,17H,5,8-11,13H2,1-3H3. The van der Waals surface area contributed by atoms with Gasteiger partial charge in [0, 0.05) is 18.5 Å². The van der Waals surface area contributed by atoms with Crippen LogP contribution in [0.5, 0.6) is 5.75 Å². The topological polar surface area (TPSA) is 24.5 Å². The van der Waals surface area contributed by atoms with Gasteiger partial charge in [-0.2, -0.15) is 0 Å². The lowest BCUT2D eigenvalue weighted by atomic mass is 9.92. The van der Waals surface area contributed by atoms with Crippen LogP contribution >= 0.6 is 0 Å². The summed E-state index contributed by atoms with van der Waals surface area (Å²) in [4.78, 5) is 2.49. The van der Waals surface area contributed by atoms with Gasteiger partial charge in [-0.15, -0.1) is 0 Å². The largest absolute Gasteiger partial charge is 0.494 e. The molecule has 1 aromatic carbocycles. The molecule has 2 rings (SSSR count). The number of nitrogens with zero attached hydrogens (tertiary/aromatic N) is 1. The molecule has 0 amide bonds. The third-order valence-corrected chi connectivity index (χ3v) is 4.28. The van der Waals surface area contributed by atoms with E-state index >= 15 is 0 Å². The molecular formula is C16H26N2O. The SMILES string of the molecule is CNCC1(CCOc2cccc(C)c2)CCCN1C. The van der Waals surface area contributed by atoms with Crippen LogP contribution < -0.4 is 10.1 Å². The number of nitrogens with one attached hydrogen (secondary N) is 1. The maximum atomic E-state index is 5.91. The fraction of sp³-hybridized carbons (Fsp3) is 0.625. The van der Waals surface area contributed by atoms with E-state index in [1.807, 2.05) is 13.1 Å². The van der Waals surface area contributed by atoms with Crippen molar-refractivity contribution in [3.8, 4) is 5.75 Å². The first-order valence-corrected chi connectivity index (χ1v) is 7.22. The number of hydrogen-bond acceptors (Lipinski definition) is 3. The van der Waals surface area contributed by atoms with Gasteiger partial charge in [0.1, 0.15) is 5.75 Å². The number of rotatable bonds is 6. The van der Waals surface area contributed by atoms with E-state index in [4.69, 9.17) is 4.74 Å². The average molecular weight is 262 g/mol. The van der Waals surface area contributed by atoms with E-state index in [-0.39, 0.29) is 5.54 Å². The molecule has 1 N–H and O–H groups in total. The zero-order chi connectivity index (χ0) is 13.7. The van der Waals surface area contributed by atoms with Crippen LogP contribution in [-0.2, 0) is 0 Å². The Hall–Kier alpha value is -1.06. The minimum Gasteiger partial charge on any atom is -0.494 e. The highest BCUT2D eigenvalue weighted by atomic mass is 16.5. The van der Waals surface area contributed by atoms with Crippen molar-refractivity contribution in [1.82, 2.24) is 10.2 Å². The quantitative estimate of drug-likeness (QED) is 0.852. The van der Waals surface area contributed by atoms with Gasteiger partial charge in [0.15, 0.2) is 0 Å². The van der Waals surface area contributed by atoms with Gasteiger partial charge in [0.05, 0.1) is 6.61 Å². The van der Waals surface area contributed by atoms with Crippen LogP contribution in [0.1, 0.15) is 24.8 Å². The molecule has 1 aliphatic rings. The molecular weight excluding hydrogens is 236 g/mol. The van der Waals surface area contributed by atoms with Gasteiger partial charge in [-0.05, 0) is 58.1 Å². The van der Waals surface area contributed by atoms with E-state index in [9.17, 15) is 0 Å². The van der Waals surface area contributed by atoms with Gasteiger partial charge in [0.2, 0.25) is 0 Å². The molecule has 1 unspecified atom stereocenters. The Morgan fingerprint density at radius 1 is 1.42 bits per heavy atom. The van der Waals surface area contributed by atoms with Crippen molar-refractivity contribution in [2.24, 2.45) is 0 Å². The van der Waals surface area contributed by atoms with Crippen molar-refractivity contribution in [3.63, 3.8) is 0 Å². The Morgan fingerprint density at radius 2 is 2.26 bits per heavy atom. The minimum atomic E-state index is 0.276. The molecule has 0 radical (unpaired) electrons. The Labute approximate surface area is 116 Å². The number of likely N-dealkylation sites (tertiary alicyclic amines) is 1. The van der Waals surface area contributed by atoms with Crippen LogP contribution in [-0.4, -0.2) is 44.2 Å². The molecule has 106 valence electrons. The summed E-state index contributed by atoms with van der Waals surface area (Å²) in [5.41, 5.74) is 1.53. The highest BCUT2D eigenvalue weighted by Crippen LogP contribution is 2.30. The first-order chi connectivity index (χ1) is 9.16. The third kappa shape index (κ3) is 3.48. The number of benzene rings is 1. The molecule has 1 aromatic rings. The molecule has 0 spiro atoms. The fourth-order valence-electron chi connectivity index (χ4n) is 3.09. The van der Waals surface area contributed by atoms with Crippen molar-refractivity contribution in [2.45, 2.75) is 31.7 Å². The predicted molar refractivity (Wildman–Crippen MR) is 79.8 cm³/mol. The maximum absolute atomic E-state index is 5.91. The maximum Gasteiger partial charge on any atom is 0.119 e. The van der Waals surface area contributed by atoms with Crippen molar-refractivity contribution >= 4 is 0 Å². The number of aryl methyl sites for hydroxylation is 1. The highest BCUT2D eigenvalue weighted by molar-refractivity contribution is 5.27. The lowest BCUT2D eigenvalue weighted by Gasteiger charge is -2.36. The van der Waals surface area contributed by atoms with E-state index in [1.54, 1.807) is 0 Å². The monoisotopic (exact) mass is 262 g/mol. The zero-order valence-electron chi connectivity index (χ0n) is 12.4. The van der Waals surface area contributed by atoms with Crippen molar-refractivity contribution in [1.29, 1.82) is 0 Å². The van der Waals surface area contributed by atoms with E-state index in [0.717, 1.165) is 25.3 Å². The van der Waals surface area contributed by atoms with Gasteiger partial charge < -0.3 is 10.1 Å². The molecule has 0 aromatic heterocycles. The van der Waals surface area contributed by atoms with Crippen molar-refractivity contribution in [3.05, 3.63) is 29.8 Å². The molecule has 1 aliphatic heterocycles. The Bertz CT molecular complexity index is 407. The first-order valence-electron chi connectivity index (χ1n) is 7.22. The van der Waals surface area contributed by atoms with Gasteiger partial charge in [-0.3, -0.25) is 4.90 Å². The molecule has 0 bridgehead atoms. The van der Waals surface area contributed by atoms with Gasteiger partial charge in [-0.25, -0.2) is 0 Å². The summed E-state index contributed by atoms with van der Waals surface area (Å²) in [7, 11) is 4.27. The summed E-state index contributed by atoms with van der Waals surface area (Å²) >= 11 is 0. The molecule has 1 saturated heterocycles. The molecule has 1 fully saturated rings. The second-order valence-corrected chi connectivity index (χ2v) is 5.69. The van der Waals surface area contributed by atoms with Crippen LogP contribution in [0.3, 0.4) is 0 Å². The number of likely N-dealkylation sites (N-methyl/N-ethyl adjacent to an activating group) is 2. The van der Waals surface area contributed by atoms with Crippen molar-refractivity contribution < 1.29 is 4.74 Å². The molecule has 3 nitrogen and oxygen atoms in total. The molecule has 19 heavy (non-hydrogen) atoms. The second kappa shape index (κ2) is 6.40. The summed E-state index contributed by atoms with van der Waals surface area (Å²) in [6.45, 7) is 5.13. The summed E-state index contributed by atoms with van der Waals surface area (Å²) in [6.07, 6.45) is 3.64. The zero-order valence-corrected chi connectivity index (χ0v) is 12.4. The second-order valence-electron chi connectivity index (χ2n) is 5.69. The van der Waals surface area contributed by atoms with Crippen molar-refractivity contribution in [2.75, 3.05) is 33.8 Å². The smallest absolute Gasteiger partial charge is 0.119 e. The van der Waals surface area contributed by atoms with E-state index < -0.39 is 0 Å². The summed E-state index contributed by atoms with van der Waals surface area (Å²) in [5.74, 6) is 0.986. The van der Waals surface area contributed by atoms with E-state index in [1.165, 1.54) is 24.9 Å². The van der Waals surface area contributed by atoms with Gasteiger partial charge in [0.25, 0.3) is 0 Å². The fourth-order valence-corrected chi connectivity index (χ4v) is 3.09. The summed E-state index contributed by atoms with van der Waals surface area (Å²) < 4.78 is 5.91. The van der Waals surface area contributed by atoms with Crippen LogP contribution in [0.25, 0.3) is 0 Å². The van der Waals surface area contributed by atoms with Gasteiger partial charge in [-0.1, -0.05) is 12.1 Å². The van der Waals surface area contributed by atoms with Crippen LogP contribution in [0, 0.1) is 6.92 Å². The Morgan fingerprint density at radius 3 is 2.89 bits per heavy atom. The van der Waals surface area contributed by atoms with Crippen LogP contribution in [0.15, 0.2) is 24.3 Å².